The van der Waals surface area contributed by atoms with Crippen LogP contribution in [0.3, 0.4) is 0 Å². The van der Waals surface area contributed by atoms with Crippen LogP contribution in [0.5, 0.6) is 0 Å². The van der Waals surface area contributed by atoms with Crippen LogP contribution in [-0.4, -0.2) is 28.1 Å². The Balaban J connectivity index is 1.34. The molecule has 150 valence electrons. The number of nitrogens with zero attached hydrogens (tertiary/aromatic N) is 2. The summed E-state index contributed by atoms with van der Waals surface area (Å²) in [6.45, 7) is 2.29. The molecule has 0 radical (unpaired) electrons. The number of hydrogen-bond acceptors (Lipinski definition) is 2. The monoisotopic (exact) mass is 414 g/mol. The van der Waals surface area contributed by atoms with E-state index in [0.29, 0.717) is 12.3 Å². The van der Waals surface area contributed by atoms with E-state index < -0.39 is 0 Å². The lowest BCUT2D eigenvalue weighted by Gasteiger charge is -2.28. The molecule has 0 fully saturated rings. The van der Waals surface area contributed by atoms with Crippen molar-refractivity contribution in [2.45, 2.75) is 24.7 Å². The molecule has 5 rings (SSSR count). The maximum atomic E-state index is 12.9. The summed E-state index contributed by atoms with van der Waals surface area (Å²) in [5.41, 5.74) is 6.13. The fraction of sp³-hybridized carbons (Fsp3) is 0.200. The molecule has 3 aromatic carbocycles. The highest BCUT2D eigenvalue weighted by Gasteiger charge is 2.24. The fourth-order valence-electron chi connectivity index (χ4n) is 4.07. The number of para-hydroxylation sites is 2. The molecule has 1 aliphatic heterocycles. The van der Waals surface area contributed by atoms with E-state index >= 15 is 0 Å². The van der Waals surface area contributed by atoms with E-state index in [9.17, 15) is 4.79 Å². The van der Waals surface area contributed by atoms with Crippen LogP contribution in [0, 0.1) is 0 Å². The van der Waals surface area contributed by atoms with Gasteiger partial charge in [-0.25, -0.2) is 9.55 Å². The van der Waals surface area contributed by atoms with E-state index in [0.717, 1.165) is 35.7 Å². The van der Waals surface area contributed by atoms with E-state index in [1.807, 2.05) is 17.0 Å². The minimum atomic E-state index is 0.194. The van der Waals surface area contributed by atoms with E-state index in [-0.39, 0.29) is 5.91 Å². The largest absolute Gasteiger partial charge is 0.337 e. The Kier molecular flexibility index (Phi) is 5.28. The van der Waals surface area contributed by atoms with E-state index in [1.54, 1.807) is 11.8 Å². The zero-order chi connectivity index (χ0) is 20.3. The molecule has 1 N–H and O–H groups in total. The fourth-order valence-corrected chi connectivity index (χ4v) is 5.02. The van der Waals surface area contributed by atoms with Crippen molar-refractivity contribution >= 4 is 28.7 Å². The Hall–Kier alpha value is -3.05. The van der Waals surface area contributed by atoms with Crippen molar-refractivity contribution in [3.8, 4) is 0 Å². The predicted molar refractivity (Wildman–Crippen MR) is 120 cm³/mol. The SMILES string of the molecule is O=C(CSc1[nH]c2ccccc2[n+]1Cc1ccccc1)N1CCc2ccccc2C1. The third-order valence-corrected chi connectivity index (χ3v) is 6.67. The van der Waals surface area contributed by atoms with Gasteiger partial charge in [0.25, 0.3) is 0 Å². The van der Waals surface area contributed by atoms with Gasteiger partial charge < -0.3 is 4.90 Å². The molecular weight excluding hydrogens is 390 g/mol. The van der Waals surface area contributed by atoms with Gasteiger partial charge in [0, 0.05) is 13.1 Å². The molecule has 0 saturated heterocycles. The highest BCUT2D eigenvalue weighted by Crippen LogP contribution is 2.22. The first kappa shape index (κ1) is 18.9. The summed E-state index contributed by atoms with van der Waals surface area (Å²) in [7, 11) is 0. The molecule has 5 heteroatoms. The molecule has 4 nitrogen and oxygen atoms in total. The Bertz CT molecular complexity index is 1190. The molecule has 0 aliphatic carbocycles. The molecular formula is C25H24N3OS+. The summed E-state index contributed by atoms with van der Waals surface area (Å²) in [5, 5.41) is 1.02. The third-order valence-electron chi connectivity index (χ3n) is 5.68. The van der Waals surface area contributed by atoms with Gasteiger partial charge in [0.15, 0.2) is 11.0 Å². The van der Waals surface area contributed by atoms with Gasteiger partial charge in [0.05, 0.1) is 5.75 Å². The van der Waals surface area contributed by atoms with Crippen molar-refractivity contribution in [3.63, 3.8) is 0 Å². The molecule has 0 unspecified atom stereocenters. The molecule has 0 spiro atoms. The Morgan fingerprint density at radius 1 is 0.933 bits per heavy atom. The van der Waals surface area contributed by atoms with Gasteiger partial charge in [-0.3, -0.25) is 4.79 Å². The number of aromatic amines is 1. The number of imidazole rings is 1. The number of fused-ring (bicyclic) bond motifs is 2. The second kappa shape index (κ2) is 8.36. The Labute approximate surface area is 180 Å². The molecule has 1 amide bonds. The number of nitrogens with one attached hydrogen (secondary N) is 1. The molecule has 4 aromatic rings. The summed E-state index contributed by atoms with van der Waals surface area (Å²) in [4.78, 5) is 18.4. The number of aromatic nitrogens is 2. The second-order valence-corrected chi connectivity index (χ2v) is 8.61. The minimum Gasteiger partial charge on any atom is -0.337 e. The lowest BCUT2D eigenvalue weighted by molar-refractivity contribution is -0.700. The molecule has 0 atom stereocenters. The molecule has 0 saturated carbocycles. The number of carbonyl (C=O) groups excluding carboxylic acids is 1. The average molecular weight is 415 g/mol. The summed E-state index contributed by atoms with van der Waals surface area (Å²) in [6.07, 6.45) is 0.937. The van der Waals surface area contributed by atoms with Crippen molar-refractivity contribution in [1.29, 1.82) is 0 Å². The average Bonchev–Trinajstić information content (AvgIpc) is 3.15. The second-order valence-electron chi connectivity index (χ2n) is 7.64. The summed E-state index contributed by atoms with van der Waals surface area (Å²) < 4.78 is 2.27. The lowest BCUT2D eigenvalue weighted by Crippen LogP contribution is -2.38. The first-order valence-electron chi connectivity index (χ1n) is 10.3. The minimum absolute atomic E-state index is 0.194. The van der Waals surface area contributed by atoms with Crippen molar-refractivity contribution in [3.05, 3.63) is 95.6 Å². The quantitative estimate of drug-likeness (QED) is 0.393. The van der Waals surface area contributed by atoms with Crippen LogP contribution < -0.4 is 4.57 Å². The first-order chi connectivity index (χ1) is 14.8. The highest BCUT2D eigenvalue weighted by molar-refractivity contribution is 7.99. The number of benzene rings is 3. The number of rotatable bonds is 5. The zero-order valence-electron chi connectivity index (χ0n) is 16.8. The maximum Gasteiger partial charge on any atom is 0.317 e. The van der Waals surface area contributed by atoms with Gasteiger partial charge in [-0.2, -0.15) is 0 Å². The number of carbonyl (C=O) groups is 1. The van der Waals surface area contributed by atoms with Crippen molar-refractivity contribution in [1.82, 2.24) is 9.88 Å². The van der Waals surface area contributed by atoms with Gasteiger partial charge >= 0.3 is 5.16 Å². The van der Waals surface area contributed by atoms with Gasteiger partial charge in [-0.1, -0.05) is 66.7 Å². The first-order valence-corrected chi connectivity index (χ1v) is 11.3. The lowest BCUT2D eigenvalue weighted by atomic mass is 10.00. The normalized spacial score (nSPS) is 13.4. The summed E-state index contributed by atoms with van der Waals surface area (Å²) in [6, 6.07) is 27.2. The zero-order valence-corrected chi connectivity index (χ0v) is 17.6. The summed E-state index contributed by atoms with van der Waals surface area (Å²) >= 11 is 1.59. The van der Waals surface area contributed by atoms with Crippen molar-refractivity contribution < 1.29 is 9.36 Å². The standard InChI is InChI=1S/C25H23N3OS/c29-24(27-15-14-20-10-4-5-11-21(20)17-27)18-30-25-26-22-12-6-7-13-23(22)28(25)16-19-8-2-1-3-9-19/h1-13H,14-18H2/p+1. The number of H-pyrrole nitrogens is 1. The molecule has 30 heavy (non-hydrogen) atoms. The highest BCUT2D eigenvalue weighted by atomic mass is 32.2. The van der Waals surface area contributed by atoms with E-state index in [1.165, 1.54) is 16.7 Å². The van der Waals surface area contributed by atoms with Gasteiger partial charge in [-0.15, -0.1) is 0 Å². The van der Waals surface area contributed by atoms with Crippen LogP contribution in [0.15, 0.2) is 84.0 Å². The van der Waals surface area contributed by atoms with Crippen LogP contribution in [0.4, 0.5) is 0 Å². The smallest absolute Gasteiger partial charge is 0.317 e. The predicted octanol–water partition coefficient (Wildman–Crippen LogP) is 4.18. The Morgan fingerprint density at radius 3 is 2.53 bits per heavy atom. The van der Waals surface area contributed by atoms with Crippen molar-refractivity contribution in [2.75, 3.05) is 12.3 Å². The molecule has 0 bridgehead atoms. The van der Waals surface area contributed by atoms with Gasteiger partial charge in [0.2, 0.25) is 5.91 Å². The van der Waals surface area contributed by atoms with E-state index in [4.69, 9.17) is 0 Å². The maximum absolute atomic E-state index is 12.9. The number of amides is 1. The van der Waals surface area contributed by atoms with Crippen LogP contribution in [0.1, 0.15) is 16.7 Å². The molecule has 1 aromatic heterocycles. The third kappa shape index (κ3) is 3.85. The van der Waals surface area contributed by atoms with Crippen LogP contribution >= 0.6 is 11.8 Å². The molecule has 1 aliphatic rings. The van der Waals surface area contributed by atoms with Crippen molar-refractivity contribution in [2.24, 2.45) is 0 Å². The Morgan fingerprint density at radius 2 is 1.67 bits per heavy atom. The number of thioether (sulfide) groups is 1. The van der Waals surface area contributed by atoms with Crippen LogP contribution in [-0.2, 0) is 24.3 Å². The van der Waals surface area contributed by atoms with Crippen LogP contribution in [0.25, 0.3) is 11.0 Å². The molecule has 2 heterocycles. The van der Waals surface area contributed by atoms with Gasteiger partial charge in [0.1, 0.15) is 6.54 Å². The van der Waals surface area contributed by atoms with E-state index in [2.05, 4.69) is 76.3 Å². The van der Waals surface area contributed by atoms with Crippen LogP contribution in [0.2, 0.25) is 0 Å². The number of hydrogen-bond donors (Lipinski definition) is 1. The topological polar surface area (TPSA) is 40.0 Å². The summed E-state index contributed by atoms with van der Waals surface area (Å²) in [5.74, 6) is 0.628. The van der Waals surface area contributed by atoms with Gasteiger partial charge in [-0.05, 0) is 47.0 Å².